The van der Waals surface area contributed by atoms with Crippen molar-refractivity contribution in [2.24, 2.45) is 7.05 Å². The van der Waals surface area contributed by atoms with Crippen molar-refractivity contribution in [1.82, 2.24) is 0 Å². The number of aryl methyl sites for hydroxylation is 2. The van der Waals surface area contributed by atoms with Gasteiger partial charge in [-0.25, -0.2) is 8.96 Å². The number of furan rings is 1. The molecule has 7 rings (SSSR count). The molecule has 2 heterocycles. The van der Waals surface area contributed by atoms with Crippen molar-refractivity contribution in [2.75, 3.05) is 0 Å². The average Bonchev–Trinajstić information content (AvgIpc) is 3.27. The van der Waals surface area contributed by atoms with Gasteiger partial charge in [-0.2, -0.15) is 0 Å². The molecule has 0 N–H and O–H groups in total. The number of nitrogens with zero attached hydrogens (tertiary/aromatic N) is 1. The molecule has 36 heavy (non-hydrogen) atoms. The van der Waals surface area contributed by atoms with E-state index in [1.54, 1.807) is 6.07 Å². The van der Waals surface area contributed by atoms with Crippen molar-refractivity contribution in [2.45, 2.75) is 6.92 Å². The van der Waals surface area contributed by atoms with Crippen LogP contribution in [0.4, 0.5) is 4.39 Å². The van der Waals surface area contributed by atoms with E-state index in [4.69, 9.17) is 4.42 Å². The highest BCUT2D eigenvalue weighted by Crippen LogP contribution is 2.45. The van der Waals surface area contributed by atoms with Crippen LogP contribution in [0.15, 0.2) is 108 Å². The predicted molar refractivity (Wildman–Crippen MR) is 145 cm³/mol. The van der Waals surface area contributed by atoms with Crippen molar-refractivity contribution >= 4 is 43.5 Å². The first-order valence-corrected chi connectivity index (χ1v) is 12.1. The Kier molecular flexibility index (Phi) is 4.49. The molecule has 0 atom stereocenters. The van der Waals surface area contributed by atoms with Crippen molar-refractivity contribution in [1.29, 1.82) is 0 Å². The van der Waals surface area contributed by atoms with Gasteiger partial charge in [-0.1, -0.05) is 60.7 Å². The fourth-order valence-electron chi connectivity index (χ4n) is 5.60. The molecule has 0 aliphatic rings. The zero-order valence-corrected chi connectivity index (χ0v) is 20.0. The maximum absolute atomic E-state index is 15.9. The Labute approximate surface area is 207 Å². The van der Waals surface area contributed by atoms with Crippen molar-refractivity contribution < 1.29 is 13.4 Å². The molecular formula is C33H23FNO+. The third-order valence-corrected chi connectivity index (χ3v) is 7.30. The zero-order chi connectivity index (χ0) is 24.4. The number of hydrogen-bond acceptors (Lipinski definition) is 1. The summed E-state index contributed by atoms with van der Waals surface area (Å²) >= 11 is 0. The number of hydrogen-bond donors (Lipinski definition) is 0. The number of halogens is 1. The molecule has 0 unspecified atom stereocenters. The van der Waals surface area contributed by atoms with Crippen LogP contribution in [0.25, 0.3) is 65.9 Å². The standard InChI is InChI=1S/C33H23FNO/c1-20-14-15-25-26-16-17-27(34)31(33(26)36-32(25)29(20)28-13-7-8-18-35(28)2)30-23-11-5-3-9-21(23)19-22-10-4-6-12-24(22)30/h3-19H,1-2H3/q+1. The number of benzene rings is 5. The van der Waals surface area contributed by atoms with Crippen molar-refractivity contribution in [3.05, 3.63) is 115 Å². The van der Waals surface area contributed by atoms with Crippen LogP contribution < -0.4 is 4.57 Å². The van der Waals surface area contributed by atoms with Gasteiger partial charge < -0.3 is 4.42 Å². The van der Waals surface area contributed by atoms with E-state index in [9.17, 15) is 0 Å². The number of aromatic nitrogens is 1. The van der Waals surface area contributed by atoms with Crippen LogP contribution >= 0.6 is 0 Å². The lowest BCUT2D eigenvalue weighted by molar-refractivity contribution is -0.660. The number of fused-ring (bicyclic) bond motifs is 5. The first kappa shape index (κ1) is 20.8. The van der Waals surface area contributed by atoms with Crippen LogP contribution in [0.5, 0.6) is 0 Å². The van der Waals surface area contributed by atoms with Gasteiger partial charge >= 0.3 is 0 Å². The molecule has 0 radical (unpaired) electrons. The smallest absolute Gasteiger partial charge is 0.216 e. The molecule has 0 aliphatic carbocycles. The zero-order valence-electron chi connectivity index (χ0n) is 20.0. The van der Waals surface area contributed by atoms with Gasteiger partial charge in [0.2, 0.25) is 5.69 Å². The van der Waals surface area contributed by atoms with E-state index in [0.29, 0.717) is 11.1 Å². The van der Waals surface area contributed by atoms with Gasteiger partial charge in [-0.05, 0) is 58.3 Å². The predicted octanol–water partition coefficient (Wildman–Crippen LogP) is 8.50. The monoisotopic (exact) mass is 468 g/mol. The van der Waals surface area contributed by atoms with Crippen LogP contribution in [0, 0.1) is 12.7 Å². The molecule has 0 fully saturated rings. The summed E-state index contributed by atoms with van der Waals surface area (Å²) < 4.78 is 24.7. The Morgan fingerprint density at radius 3 is 1.92 bits per heavy atom. The van der Waals surface area contributed by atoms with Crippen LogP contribution in [0.2, 0.25) is 0 Å². The largest absolute Gasteiger partial charge is 0.454 e. The normalized spacial score (nSPS) is 11.8. The van der Waals surface area contributed by atoms with Crippen LogP contribution in [-0.2, 0) is 7.05 Å². The fraction of sp³-hybridized carbons (Fsp3) is 0.0606. The lowest BCUT2D eigenvalue weighted by atomic mass is 9.90. The van der Waals surface area contributed by atoms with E-state index in [1.807, 2.05) is 55.7 Å². The molecule has 5 aromatic carbocycles. The first-order chi connectivity index (χ1) is 17.6. The maximum atomic E-state index is 15.9. The van der Waals surface area contributed by atoms with Gasteiger partial charge in [0.05, 0.1) is 11.1 Å². The quantitative estimate of drug-likeness (QED) is 0.184. The first-order valence-electron chi connectivity index (χ1n) is 12.1. The van der Waals surface area contributed by atoms with E-state index in [1.165, 1.54) is 0 Å². The molecule has 3 heteroatoms. The van der Waals surface area contributed by atoms with E-state index in [2.05, 4.69) is 60.0 Å². The third kappa shape index (κ3) is 2.93. The summed E-state index contributed by atoms with van der Waals surface area (Å²) in [6, 6.07) is 32.3. The molecular weight excluding hydrogens is 445 g/mol. The summed E-state index contributed by atoms with van der Waals surface area (Å²) in [5.41, 5.74) is 5.94. The summed E-state index contributed by atoms with van der Waals surface area (Å²) in [5, 5.41) is 6.07. The number of rotatable bonds is 2. The van der Waals surface area contributed by atoms with Gasteiger partial charge in [0, 0.05) is 28.5 Å². The van der Waals surface area contributed by atoms with E-state index < -0.39 is 0 Å². The topological polar surface area (TPSA) is 17.0 Å². The van der Waals surface area contributed by atoms with Crippen molar-refractivity contribution in [3.8, 4) is 22.4 Å². The minimum absolute atomic E-state index is 0.286. The molecule has 0 saturated carbocycles. The van der Waals surface area contributed by atoms with E-state index in [-0.39, 0.29) is 5.82 Å². The third-order valence-electron chi connectivity index (χ3n) is 7.30. The summed E-state index contributed by atoms with van der Waals surface area (Å²) in [5.74, 6) is -0.286. The lowest BCUT2D eigenvalue weighted by Crippen LogP contribution is -2.30. The van der Waals surface area contributed by atoms with Crippen LogP contribution in [0.1, 0.15) is 5.56 Å². The molecule has 0 saturated heterocycles. The van der Waals surface area contributed by atoms with Gasteiger partial charge in [0.15, 0.2) is 6.20 Å². The second kappa shape index (κ2) is 7.76. The summed E-state index contributed by atoms with van der Waals surface area (Å²) in [6.07, 6.45) is 2.03. The number of pyridine rings is 1. The van der Waals surface area contributed by atoms with Gasteiger partial charge in [-0.3, -0.25) is 0 Å². The van der Waals surface area contributed by atoms with Crippen LogP contribution in [-0.4, -0.2) is 0 Å². The summed E-state index contributed by atoms with van der Waals surface area (Å²) in [6.45, 7) is 2.09. The maximum Gasteiger partial charge on any atom is 0.216 e. The van der Waals surface area contributed by atoms with E-state index >= 15 is 4.39 Å². The molecule has 2 nitrogen and oxygen atoms in total. The Balaban J connectivity index is 1.67. The van der Waals surface area contributed by atoms with Crippen molar-refractivity contribution in [3.63, 3.8) is 0 Å². The highest BCUT2D eigenvalue weighted by atomic mass is 19.1. The molecule has 0 bridgehead atoms. The molecule has 172 valence electrons. The molecule has 0 aliphatic heterocycles. The average molecular weight is 469 g/mol. The minimum Gasteiger partial charge on any atom is -0.454 e. The Morgan fingerprint density at radius 1 is 0.611 bits per heavy atom. The molecule has 0 amide bonds. The Bertz CT molecular complexity index is 1930. The SMILES string of the molecule is Cc1ccc2c(oc3c(-c4c5ccccc5cc5ccccc45)c(F)ccc32)c1-c1cccc[n+]1C. The van der Waals surface area contributed by atoms with Gasteiger partial charge in [0.25, 0.3) is 0 Å². The second-order valence-corrected chi connectivity index (χ2v) is 9.43. The van der Waals surface area contributed by atoms with Gasteiger partial charge in [-0.15, -0.1) is 0 Å². The molecule has 2 aromatic heterocycles. The Morgan fingerprint density at radius 2 is 1.22 bits per heavy atom. The van der Waals surface area contributed by atoms with Gasteiger partial charge in [0.1, 0.15) is 24.0 Å². The highest BCUT2D eigenvalue weighted by Gasteiger charge is 2.24. The summed E-state index contributed by atoms with van der Waals surface area (Å²) in [7, 11) is 2.03. The highest BCUT2D eigenvalue weighted by molar-refractivity contribution is 6.19. The van der Waals surface area contributed by atoms with Crippen LogP contribution in [0.3, 0.4) is 0 Å². The van der Waals surface area contributed by atoms with E-state index in [0.717, 1.165) is 60.3 Å². The second-order valence-electron chi connectivity index (χ2n) is 9.43. The minimum atomic E-state index is -0.286. The molecule has 0 spiro atoms. The Hall–Kier alpha value is -4.50. The summed E-state index contributed by atoms with van der Waals surface area (Å²) in [4.78, 5) is 0. The fourth-order valence-corrected chi connectivity index (χ4v) is 5.60. The lowest BCUT2D eigenvalue weighted by Gasteiger charge is -2.13. The molecule has 7 aromatic rings.